The fraction of sp³-hybridized carbons (Fsp3) is 0.500. The Morgan fingerprint density at radius 1 is 1.30 bits per heavy atom. The van der Waals surface area contributed by atoms with Crippen LogP contribution in [0.5, 0.6) is 0 Å². The summed E-state index contributed by atoms with van der Waals surface area (Å²) in [5.74, 6) is 0.406. The van der Waals surface area contributed by atoms with Gasteiger partial charge < -0.3 is 25.8 Å². The first kappa shape index (κ1) is 14.5. The van der Waals surface area contributed by atoms with Crippen LogP contribution in [0.15, 0.2) is 35.4 Å². The van der Waals surface area contributed by atoms with E-state index < -0.39 is 0 Å². The van der Waals surface area contributed by atoms with Gasteiger partial charge in [0.1, 0.15) is 11.5 Å². The molecule has 0 saturated carbocycles. The second kappa shape index (κ2) is 6.00. The minimum absolute atomic E-state index is 0.406. The maximum Gasteiger partial charge on any atom is 0.146 e. The summed E-state index contributed by atoms with van der Waals surface area (Å²) in [5, 5.41) is 11.5. The smallest absolute Gasteiger partial charge is 0.146 e. The van der Waals surface area contributed by atoms with Crippen molar-refractivity contribution in [2.24, 2.45) is 5.73 Å². The molecule has 0 aliphatic carbocycles. The summed E-state index contributed by atoms with van der Waals surface area (Å²) >= 11 is 0. The second-order valence-electron chi connectivity index (χ2n) is 5.38. The highest BCUT2D eigenvalue weighted by Gasteiger charge is 2.22. The van der Waals surface area contributed by atoms with Crippen LogP contribution in [-0.4, -0.2) is 67.9 Å². The molecule has 0 bridgehead atoms. The quantitative estimate of drug-likeness (QED) is 0.487. The van der Waals surface area contributed by atoms with E-state index in [-0.39, 0.29) is 0 Å². The van der Waals surface area contributed by atoms with Crippen molar-refractivity contribution in [1.82, 2.24) is 20.0 Å². The number of dihydropyridines is 1. The Balaban J connectivity index is 2.18. The third kappa shape index (κ3) is 2.96. The number of hydrogen-bond donors (Lipinski definition) is 3. The maximum absolute atomic E-state index is 8.34. The van der Waals surface area contributed by atoms with Crippen molar-refractivity contribution >= 4 is 5.84 Å². The fourth-order valence-electron chi connectivity index (χ4n) is 2.34. The first-order valence-electron chi connectivity index (χ1n) is 6.84. The van der Waals surface area contributed by atoms with E-state index in [1.807, 2.05) is 42.2 Å². The van der Waals surface area contributed by atoms with Gasteiger partial charge in [-0.05, 0) is 19.2 Å². The van der Waals surface area contributed by atoms with Gasteiger partial charge in [-0.3, -0.25) is 5.41 Å². The van der Waals surface area contributed by atoms with Crippen LogP contribution in [0, 0.1) is 5.41 Å². The van der Waals surface area contributed by atoms with E-state index in [1.54, 1.807) is 0 Å². The van der Waals surface area contributed by atoms with Crippen LogP contribution >= 0.6 is 0 Å². The van der Waals surface area contributed by atoms with E-state index in [2.05, 4.69) is 17.3 Å². The molecule has 4 N–H and O–H groups in total. The number of amidine groups is 1. The number of allylic oxidation sites excluding steroid dienone is 2. The van der Waals surface area contributed by atoms with Gasteiger partial charge in [0.05, 0.1) is 11.4 Å². The van der Waals surface area contributed by atoms with Gasteiger partial charge >= 0.3 is 0 Å². The zero-order valence-corrected chi connectivity index (χ0v) is 12.5. The molecule has 0 unspecified atom stereocenters. The molecule has 6 heteroatoms. The lowest BCUT2D eigenvalue weighted by molar-refractivity contribution is 0.214. The van der Waals surface area contributed by atoms with E-state index in [0.29, 0.717) is 11.5 Å². The molecule has 0 spiro atoms. The minimum atomic E-state index is 0.406. The lowest BCUT2D eigenvalue weighted by Crippen LogP contribution is -2.48. The van der Waals surface area contributed by atoms with Crippen LogP contribution in [0.2, 0.25) is 0 Å². The molecule has 2 rings (SSSR count). The summed E-state index contributed by atoms with van der Waals surface area (Å²) in [6.45, 7) is 3.63. The van der Waals surface area contributed by atoms with Crippen molar-refractivity contribution in [3.8, 4) is 0 Å². The molecule has 6 nitrogen and oxygen atoms in total. The Hall–Kier alpha value is -1.95. The van der Waals surface area contributed by atoms with Gasteiger partial charge in [-0.15, -0.1) is 0 Å². The SMILES string of the molecule is CN1CCN(C(=N)/C(N)=C2\NC=CC=C2N(C)C)CC1. The number of nitrogens with one attached hydrogen (secondary N) is 2. The molecule has 2 aliphatic rings. The molecular formula is C14H24N6. The van der Waals surface area contributed by atoms with Crippen molar-refractivity contribution in [3.05, 3.63) is 35.4 Å². The number of likely N-dealkylation sites (N-methyl/N-ethyl adjacent to an activating group) is 2. The highest BCUT2D eigenvalue weighted by molar-refractivity contribution is 5.96. The Morgan fingerprint density at radius 2 is 1.95 bits per heavy atom. The predicted molar refractivity (Wildman–Crippen MR) is 82.1 cm³/mol. The molecule has 0 aromatic carbocycles. The van der Waals surface area contributed by atoms with Gasteiger partial charge in [-0.2, -0.15) is 0 Å². The molecular weight excluding hydrogens is 252 g/mol. The summed E-state index contributed by atoms with van der Waals surface area (Å²) in [4.78, 5) is 6.30. The number of nitrogens with zero attached hydrogens (tertiary/aromatic N) is 3. The standard InChI is InChI=1S/C14H24N6/c1-18(2)11-5-4-6-17-13(11)12(15)14(16)20-9-7-19(3)8-10-20/h4-6,16-17H,7-10,15H2,1-3H3/b13-12+,16-14?. The summed E-state index contributed by atoms with van der Waals surface area (Å²) in [6.07, 6.45) is 5.77. The maximum atomic E-state index is 8.34. The molecule has 110 valence electrons. The molecule has 0 atom stereocenters. The van der Waals surface area contributed by atoms with Crippen LogP contribution in [-0.2, 0) is 0 Å². The first-order valence-corrected chi connectivity index (χ1v) is 6.84. The van der Waals surface area contributed by atoms with Crippen LogP contribution in [0.1, 0.15) is 0 Å². The Kier molecular flexibility index (Phi) is 4.34. The van der Waals surface area contributed by atoms with Crippen LogP contribution in [0.3, 0.4) is 0 Å². The molecule has 0 aromatic rings. The first-order chi connectivity index (χ1) is 9.50. The summed E-state index contributed by atoms with van der Waals surface area (Å²) in [6, 6.07) is 0. The average molecular weight is 276 g/mol. The number of hydrogen-bond acceptors (Lipinski definition) is 5. The highest BCUT2D eigenvalue weighted by Crippen LogP contribution is 2.17. The average Bonchev–Trinajstić information content (AvgIpc) is 2.46. The summed E-state index contributed by atoms with van der Waals surface area (Å²) in [7, 11) is 6.04. The van der Waals surface area contributed by atoms with Gasteiger partial charge in [-0.25, -0.2) is 0 Å². The van der Waals surface area contributed by atoms with E-state index in [4.69, 9.17) is 11.1 Å². The normalized spacial score (nSPS) is 22.1. The second-order valence-corrected chi connectivity index (χ2v) is 5.38. The Morgan fingerprint density at radius 3 is 2.55 bits per heavy atom. The monoisotopic (exact) mass is 276 g/mol. The largest absolute Gasteiger partial charge is 0.394 e. The van der Waals surface area contributed by atoms with E-state index in [1.165, 1.54) is 0 Å². The predicted octanol–water partition coefficient (Wildman–Crippen LogP) is -0.0562. The van der Waals surface area contributed by atoms with Gasteiger partial charge in [0.15, 0.2) is 0 Å². The molecule has 2 heterocycles. The third-order valence-corrected chi connectivity index (χ3v) is 3.66. The lowest BCUT2D eigenvalue weighted by atomic mass is 10.1. The molecule has 2 aliphatic heterocycles. The number of nitrogens with two attached hydrogens (primary N) is 1. The zero-order chi connectivity index (χ0) is 14.7. The Labute approximate surface area is 120 Å². The molecule has 1 fully saturated rings. The fourth-order valence-corrected chi connectivity index (χ4v) is 2.34. The third-order valence-electron chi connectivity index (χ3n) is 3.66. The van der Waals surface area contributed by atoms with Crippen LogP contribution in [0.25, 0.3) is 0 Å². The van der Waals surface area contributed by atoms with Crippen molar-refractivity contribution < 1.29 is 0 Å². The molecule has 0 amide bonds. The van der Waals surface area contributed by atoms with E-state index in [0.717, 1.165) is 37.6 Å². The van der Waals surface area contributed by atoms with Crippen molar-refractivity contribution in [1.29, 1.82) is 5.41 Å². The number of rotatable bonds is 2. The summed E-state index contributed by atoms with van der Waals surface area (Å²) in [5.41, 5.74) is 8.52. The van der Waals surface area contributed by atoms with Crippen molar-refractivity contribution in [2.45, 2.75) is 0 Å². The van der Waals surface area contributed by atoms with Gasteiger partial charge in [0.25, 0.3) is 0 Å². The van der Waals surface area contributed by atoms with Gasteiger partial charge in [0.2, 0.25) is 0 Å². The summed E-state index contributed by atoms with van der Waals surface area (Å²) < 4.78 is 0. The molecule has 20 heavy (non-hydrogen) atoms. The van der Waals surface area contributed by atoms with Crippen molar-refractivity contribution in [3.63, 3.8) is 0 Å². The molecule has 1 saturated heterocycles. The Bertz CT molecular complexity index is 466. The van der Waals surface area contributed by atoms with Crippen LogP contribution in [0.4, 0.5) is 0 Å². The molecule has 0 radical (unpaired) electrons. The van der Waals surface area contributed by atoms with Crippen molar-refractivity contribution in [2.75, 3.05) is 47.3 Å². The van der Waals surface area contributed by atoms with Gasteiger partial charge in [-0.1, -0.05) is 0 Å². The van der Waals surface area contributed by atoms with E-state index in [9.17, 15) is 0 Å². The minimum Gasteiger partial charge on any atom is -0.394 e. The zero-order valence-electron chi connectivity index (χ0n) is 12.5. The van der Waals surface area contributed by atoms with Gasteiger partial charge in [0, 0.05) is 46.5 Å². The van der Waals surface area contributed by atoms with E-state index >= 15 is 0 Å². The highest BCUT2D eigenvalue weighted by atomic mass is 15.3. The molecule has 0 aromatic heterocycles. The van der Waals surface area contributed by atoms with Crippen LogP contribution < -0.4 is 11.1 Å². The number of piperazine rings is 1. The topological polar surface area (TPSA) is 71.6 Å². The lowest BCUT2D eigenvalue weighted by Gasteiger charge is -2.35.